The van der Waals surface area contributed by atoms with Crippen LogP contribution in [0.2, 0.25) is 0 Å². The van der Waals surface area contributed by atoms with Crippen LogP contribution in [0.1, 0.15) is 13.3 Å². The quantitative estimate of drug-likeness (QED) is 0.500. The van der Waals surface area contributed by atoms with Crippen molar-refractivity contribution >= 4 is 0 Å². The van der Waals surface area contributed by atoms with Gasteiger partial charge in [-0.05, 0) is 12.5 Å². The highest BCUT2D eigenvalue weighted by molar-refractivity contribution is 5.17. The Bertz CT molecular complexity index is 230. The highest BCUT2D eigenvalue weighted by Crippen LogP contribution is 1.84. The summed E-state index contributed by atoms with van der Waals surface area (Å²) in [5.74, 6) is 0. The van der Waals surface area contributed by atoms with Crippen molar-refractivity contribution in [3.8, 4) is 0 Å². The second-order valence-electron chi connectivity index (χ2n) is 2.33. The van der Waals surface area contributed by atoms with E-state index in [2.05, 4.69) is 13.0 Å². The van der Waals surface area contributed by atoms with Gasteiger partial charge in [-0.1, -0.05) is 55.5 Å². The minimum Gasteiger partial charge on any atom is -0.516 e. The summed E-state index contributed by atoms with van der Waals surface area (Å²) >= 11 is 0. The summed E-state index contributed by atoms with van der Waals surface area (Å²) in [5, 5.41) is 8.29. The maximum absolute atomic E-state index is 8.29. The molecular formula is C12H16O. The van der Waals surface area contributed by atoms with Crippen LogP contribution in [0.25, 0.3) is 0 Å². The van der Waals surface area contributed by atoms with E-state index in [0.29, 0.717) is 0 Å². The van der Waals surface area contributed by atoms with Crippen LogP contribution in [0.4, 0.5) is 0 Å². The van der Waals surface area contributed by atoms with E-state index in [1.165, 1.54) is 0 Å². The maximum atomic E-state index is 8.29. The average molecular weight is 176 g/mol. The van der Waals surface area contributed by atoms with Gasteiger partial charge < -0.3 is 5.11 Å². The molecule has 0 amide bonds. The minimum atomic E-state index is 1.00. The van der Waals surface area contributed by atoms with Gasteiger partial charge in [0.25, 0.3) is 0 Å². The van der Waals surface area contributed by atoms with Gasteiger partial charge in [0.1, 0.15) is 0 Å². The fraction of sp³-hybridized carbons (Fsp3) is 0.167. The molecule has 1 nitrogen and oxygen atoms in total. The molecule has 0 saturated carbocycles. The molecule has 1 heteroatoms. The molecule has 70 valence electrons. The maximum Gasteiger partial charge on any atom is 0.0791 e. The third kappa shape index (κ3) is 10.5. The van der Waals surface area contributed by atoms with E-state index in [-0.39, 0.29) is 0 Å². The highest BCUT2D eigenvalue weighted by Gasteiger charge is 1.63. The van der Waals surface area contributed by atoms with Crippen LogP contribution in [0.15, 0.2) is 60.9 Å². The van der Waals surface area contributed by atoms with Gasteiger partial charge in [0.2, 0.25) is 0 Å². The molecule has 0 spiro atoms. The topological polar surface area (TPSA) is 20.2 Å². The molecule has 0 rings (SSSR count). The Morgan fingerprint density at radius 2 is 1.23 bits per heavy atom. The Morgan fingerprint density at radius 3 is 1.69 bits per heavy atom. The second kappa shape index (κ2) is 10.5. The van der Waals surface area contributed by atoms with E-state index >= 15 is 0 Å². The van der Waals surface area contributed by atoms with Crippen LogP contribution in [0.3, 0.4) is 0 Å². The number of aliphatic hydroxyl groups is 1. The van der Waals surface area contributed by atoms with E-state index < -0.39 is 0 Å². The largest absolute Gasteiger partial charge is 0.516 e. The van der Waals surface area contributed by atoms with Crippen LogP contribution >= 0.6 is 0 Å². The van der Waals surface area contributed by atoms with E-state index in [4.69, 9.17) is 5.11 Å². The Hall–Kier alpha value is -1.50. The van der Waals surface area contributed by atoms with Gasteiger partial charge in [-0.3, -0.25) is 0 Å². The molecule has 0 unspecified atom stereocenters. The van der Waals surface area contributed by atoms with Crippen molar-refractivity contribution in [1.82, 2.24) is 0 Å². The highest BCUT2D eigenvalue weighted by atomic mass is 16.2. The van der Waals surface area contributed by atoms with Gasteiger partial charge in [0, 0.05) is 0 Å². The molecule has 0 saturated heterocycles. The van der Waals surface area contributed by atoms with E-state index in [1.807, 2.05) is 36.5 Å². The first-order valence-electron chi connectivity index (χ1n) is 4.37. The molecule has 0 radical (unpaired) electrons. The zero-order valence-electron chi connectivity index (χ0n) is 7.93. The van der Waals surface area contributed by atoms with E-state index in [1.54, 1.807) is 12.2 Å². The Labute approximate surface area is 80.1 Å². The smallest absolute Gasteiger partial charge is 0.0791 e. The van der Waals surface area contributed by atoms with Gasteiger partial charge in [0.05, 0.1) is 6.26 Å². The zero-order chi connectivity index (χ0) is 9.78. The van der Waals surface area contributed by atoms with Gasteiger partial charge in [0.15, 0.2) is 0 Å². The first-order chi connectivity index (χ1) is 6.41. The molecule has 0 aromatic rings. The summed E-state index contributed by atoms with van der Waals surface area (Å²) in [5.41, 5.74) is 0. The van der Waals surface area contributed by atoms with Crippen molar-refractivity contribution in [2.75, 3.05) is 0 Å². The number of hydrogen-bond acceptors (Lipinski definition) is 1. The third-order valence-electron chi connectivity index (χ3n) is 1.24. The lowest BCUT2D eigenvalue weighted by Crippen LogP contribution is -1.53. The molecular weight excluding hydrogens is 160 g/mol. The van der Waals surface area contributed by atoms with E-state index in [0.717, 1.165) is 12.7 Å². The Balaban J connectivity index is 3.62. The summed E-state index contributed by atoms with van der Waals surface area (Å²) in [6, 6.07) is 0. The molecule has 13 heavy (non-hydrogen) atoms. The summed E-state index contributed by atoms with van der Waals surface area (Å²) in [6.45, 7) is 2.10. The average Bonchev–Trinajstić information content (AvgIpc) is 2.16. The van der Waals surface area contributed by atoms with Crippen LogP contribution < -0.4 is 0 Å². The van der Waals surface area contributed by atoms with Gasteiger partial charge in [-0.25, -0.2) is 0 Å². The SMILES string of the molecule is CCC=CC=CC=CC=CC=CO. The first kappa shape index (κ1) is 11.5. The molecule has 0 fully saturated rings. The first-order valence-corrected chi connectivity index (χ1v) is 4.37. The Kier molecular flexibility index (Phi) is 9.29. The number of rotatable bonds is 5. The Morgan fingerprint density at radius 1 is 0.769 bits per heavy atom. The lowest BCUT2D eigenvalue weighted by Gasteiger charge is -1.74. The van der Waals surface area contributed by atoms with Crippen LogP contribution in [0, 0.1) is 0 Å². The van der Waals surface area contributed by atoms with Crippen molar-refractivity contribution in [2.45, 2.75) is 13.3 Å². The molecule has 1 N–H and O–H groups in total. The molecule has 0 aliphatic rings. The molecule has 0 bridgehead atoms. The van der Waals surface area contributed by atoms with Crippen molar-refractivity contribution in [2.24, 2.45) is 0 Å². The van der Waals surface area contributed by atoms with Gasteiger partial charge in [-0.15, -0.1) is 0 Å². The minimum absolute atomic E-state index is 1.00. The van der Waals surface area contributed by atoms with Gasteiger partial charge >= 0.3 is 0 Å². The number of hydrogen-bond donors (Lipinski definition) is 1. The van der Waals surface area contributed by atoms with Crippen molar-refractivity contribution in [3.63, 3.8) is 0 Å². The monoisotopic (exact) mass is 176 g/mol. The molecule has 0 aliphatic carbocycles. The molecule has 0 heterocycles. The lowest BCUT2D eigenvalue weighted by molar-refractivity contribution is 0.474. The number of allylic oxidation sites excluding steroid dienone is 9. The second-order valence-corrected chi connectivity index (χ2v) is 2.33. The third-order valence-corrected chi connectivity index (χ3v) is 1.24. The molecule has 0 aromatic heterocycles. The van der Waals surface area contributed by atoms with Crippen molar-refractivity contribution in [1.29, 1.82) is 0 Å². The summed E-state index contributed by atoms with van der Waals surface area (Å²) in [6.07, 6.45) is 19.1. The number of aliphatic hydroxyl groups excluding tert-OH is 1. The zero-order valence-corrected chi connectivity index (χ0v) is 7.93. The summed E-state index contributed by atoms with van der Waals surface area (Å²) in [4.78, 5) is 0. The van der Waals surface area contributed by atoms with E-state index in [9.17, 15) is 0 Å². The fourth-order valence-electron chi connectivity index (χ4n) is 0.649. The molecule has 0 atom stereocenters. The molecule has 0 aliphatic heterocycles. The van der Waals surface area contributed by atoms with Crippen molar-refractivity contribution in [3.05, 3.63) is 60.9 Å². The fourth-order valence-corrected chi connectivity index (χ4v) is 0.649. The van der Waals surface area contributed by atoms with Gasteiger partial charge in [-0.2, -0.15) is 0 Å². The normalized spacial score (nSPS) is 13.6. The van der Waals surface area contributed by atoms with Crippen LogP contribution in [-0.4, -0.2) is 5.11 Å². The summed E-state index contributed by atoms with van der Waals surface area (Å²) in [7, 11) is 0. The lowest BCUT2D eigenvalue weighted by atomic mass is 10.3. The van der Waals surface area contributed by atoms with Crippen LogP contribution in [-0.2, 0) is 0 Å². The predicted octanol–water partition coefficient (Wildman–Crippen LogP) is 3.69. The summed E-state index contributed by atoms with van der Waals surface area (Å²) < 4.78 is 0. The standard InChI is InChI=1S/C12H16O/c1-2-3-4-5-6-7-8-9-10-11-12-13/h3-13H,2H2,1H3. The van der Waals surface area contributed by atoms with Crippen molar-refractivity contribution < 1.29 is 5.11 Å². The predicted molar refractivity (Wildman–Crippen MR) is 58.6 cm³/mol. The van der Waals surface area contributed by atoms with Crippen LogP contribution in [0.5, 0.6) is 0 Å². The molecule has 0 aromatic carbocycles.